The normalized spacial score (nSPS) is 17.5. The molecule has 140 valence electrons. The minimum absolute atomic E-state index is 0.136. The van der Waals surface area contributed by atoms with Crippen LogP contribution in [0.2, 0.25) is 5.02 Å². The number of carbonyl (C=O) groups is 2. The van der Waals surface area contributed by atoms with E-state index >= 15 is 0 Å². The summed E-state index contributed by atoms with van der Waals surface area (Å²) in [6.07, 6.45) is 0.136. The molecule has 0 radical (unpaired) electrons. The van der Waals surface area contributed by atoms with Crippen molar-refractivity contribution < 1.29 is 9.59 Å². The number of imide groups is 1. The van der Waals surface area contributed by atoms with E-state index in [1.165, 1.54) is 16.7 Å². The van der Waals surface area contributed by atoms with E-state index < -0.39 is 5.25 Å². The number of thioether (sulfide) groups is 1. The van der Waals surface area contributed by atoms with Gasteiger partial charge in [0.25, 0.3) is 0 Å². The number of anilines is 2. The smallest absolute Gasteiger partial charge is 0.247 e. The molecule has 3 rings (SSSR count). The molecule has 1 aliphatic rings. The Labute approximate surface area is 175 Å². The molecule has 2 aromatic carbocycles. The molecule has 2 aromatic rings. The van der Waals surface area contributed by atoms with Gasteiger partial charge in [-0.3, -0.25) is 14.6 Å². The zero-order chi connectivity index (χ0) is 19.4. The molecule has 1 N–H and O–H groups in total. The van der Waals surface area contributed by atoms with Crippen molar-refractivity contribution in [3.63, 3.8) is 0 Å². The third-order valence-corrected chi connectivity index (χ3v) is 5.73. The van der Waals surface area contributed by atoms with E-state index in [0.717, 1.165) is 10.2 Å². The van der Waals surface area contributed by atoms with Crippen molar-refractivity contribution in [2.24, 2.45) is 4.99 Å². The summed E-state index contributed by atoms with van der Waals surface area (Å²) in [5.41, 5.74) is 1.40. The molecule has 1 fully saturated rings. The van der Waals surface area contributed by atoms with E-state index in [-0.39, 0.29) is 18.2 Å². The summed E-state index contributed by atoms with van der Waals surface area (Å²) in [4.78, 5) is 30.9. The van der Waals surface area contributed by atoms with Gasteiger partial charge in [-0.25, -0.2) is 4.90 Å². The lowest BCUT2D eigenvalue weighted by molar-refractivity contribution is -0.121. The van der Waals surface area contributed by atoms with Gasteiger partial charge in [-0.2, -0.15) is 0 Å². The van der Waals surface area contributed by atoms with Gasteiger partial charge in [0.2, 0.25) is 11.8 Å². The van der Waals surface area contributed by atoms with Gasteiger partial charge in [-0.1, -0.05) is 39.3 Å². The Kier molecular flexibility index (Phi) is 6.57. The first-order chi connectivity index (χ1) is 13.0. The van der Waals surface area contributed by atoms with E-state index in [9.17, 15) is 9.59 Å². The van der Waals surface area contributed by atoms with E-state index in [1.54, 1.807) is 24.3 Å². The number of hydrogen-bond acceptors (Lipinski definition) is 4. The molecule has 0 aromatic heterocycles. The zero-order valence-corrected chi connectivity index (χ0v) is 17.6. The lowest BCUT2D eigenvalue weighted by Gasteiger charge is -2.16. The highest BCUT2D eigenvalue weighted by Gasteiger charge is 2.40. The molecule has 1 unspecified atom stereocenters. The summed E-state index contributed by atoms with van der Waals surface area (Å²) in [5.74, 6) is -0.465. The summed E-state index contributed by atoms with van der Waals surface area (Å²) >= 11 is 10.6. The molecule has 1 heterocycles. The number of rotatable bonds is 4. The molecule has 1 saturated heterocycles. The van der Waals surface area contributed by atoms with Crippen LogP contribution >= 0.6 is 39.3 Å². The summed E-state index contributed by atoms with van der Waals surface area (Å²) in [6, 6.07) is 14.3. The highest BCUT2D eigenvalue weighted by Crippen LogP contribution is 2.31. The average molecular weight is 467 g/mol. The third kappa shape index (κ3) is 4.91. The van der Waals surface area contributed by atoms with Gasteiger partial charge < -0.3 is 5.32 Å². The second-order valence-electron chi connectivity index (χ2n) is 5.77. The van der Waals surface area contributed by atoms with Crippen molar-refractivity contribution in [1.29, 1.82) is 0 Å². The van der Waals surface area contributed by atoms with Crippen LogP contribution in [-0.2, 0) is 9.59 Å². The first-order valence-electron chi connectivity index (χ1n) is 8.34. The fraction of sp³-hybridized carbons (Fsp3) is 0.211. The highest BCUT2D eigenvalue weighted by molar-refractivity contribution is 9.10. The molecule has 0 saturated carbocycles. The number of nitrogens with one attached hydrogen (secondary N) is 1. The largest absolute Gasteiger partial charge is 0.335 e. The van der Waals surface area contributed by atoms with Crippen LogP contribution in [0, 0.1) is 0 Å². The van der Waals surface area contributed by atoms with Crippen LogP contribution in [0.3, 0.4) is 0 Å². The number of nitrogens with zero attached hydrogens (tertiary/aromatic N) is 2. The predicted molar refractivity (Wildman–Crippen MR) is 116 cm³/mol. The molecule has 8 heteroatoms. The van der Waals surface area contributed by atoms with E-state index in [4.69, 9.17) is 11.6 Å². The Morgan fingerprint density at radius 3 is 2.52 bits per heavy atom. The minimum atomic E-state index is -0.513. The molecule has 2 amide bonds. The number of hydrogen-bond donors (Lipinski definition) is 1. The first-order valence-corrected chi connectivity index (χ1v) is 10.4. The van der Waals surface area contributed by atoms with Gasteiger partial charge in [0.1, 0.15) is 5.25 Å². The van der Waals surface area contributed by atoms with Crippen LogP contribution in [0.5, 0.6) is 0 Å². The maximum atomic E-state index is 12.8. The van der Waals surface area contributed by atoms with Crippen LogP contribution in [-0.4, -0.2) is 28.8 Å². The molecule has 0 bridgehead atoms. The molecule has 0 spiro atoms. The molecule has 5 nitrogen and oxygen atoms in total. The summed E-state index contributed by atoms with van der Waals surface area (Å²) in [5, 5.41) is 3.88. The third-order valence-electron chi connectivity index (χ3n) is 3.84. The summed E-state index contributed by atoms with van der Waals surface area (Å²) in [7, 11) is 0. The van der Waals surface area contributed by atoms with Crippen molar-refractivity contribution in [1.82, 2.24) is 0 Å². The lowest BCUT2D eigenvalue weighted by atomic mass is 10.3. The van der Waals surface area contributed by atoms with Gasteiger partial charge in [-0.05, 0) is 55.5 Å². The predicted octanol–water partition coefficient (Wildman–Crippen LogP) is 4.96. The quantitative estimate of drug-likeness (QED) is 0.393. The topological polar surface area (TPSA) is 61.8 Å². The molecule has 1 atom stereocenters. The number of amides is 2. The van der Waals surface area contributed by atoms with Crippen molar-refractivity contribution in [2.45, 2.75) is 18.6 Å². The van der Waals surface area contributed by atoms with Crippen molar-refractivity contribution in [3.05, 3.63) is 58.0 Å². The van der Waals surface area contributed by atoms with Crippen LogP contribution in [0.1, 0.15) is 13.3 Å². The fourth-order valence-electron chi connectivity index (χ4n) is 2.60. The van der Waals surface area contributed by atoms with Gasteiger partial charge in [0, 0.05) is 28.1 Å². The number of aliphatic imine (C=N–C) groups is 1. The number of carbonyl (C=O) groups excluding carboxylic acids is 2. The lowest BCUT2D eigenvalue weighted by Crippen LogP contribution is -2.31. The SMILES string of the molecule is CCN=C(Nc1ccc(Br)cc1)SC1CC(=O)N(c2ccc(Cl)cc2)C1=O. The number of halogens is 2. The Hall–Kier alpha value is -1.83. The van der Waals surface area contributed by atoms with Crippen molar-refractivity contribution >= 4 is 67.6 Å². The van der Waals surface area contributed by atoms with Gasteiger partial charge >= 0.3 is 0 Å². The van der Waals surface area contributed by atoms with Crippen LogP contribution in [0.25, 0.3) is 0 Å². The molecular weight excluding hydrogens is 450 g/mol. The standard InChI is InChI=1S/C19H17BrClN3O2S/c1-2-22-19(23-14-7-3-12(20)4-8-14)27-16-11-17(25)24(18(16)26)15-9-5-13(21)6-10-15/h3-10,16H,2,11H2,1H3,(H,22,23). The zero-order valence-electron chi connectivity index (χ0n) is 14.5. The first kappa shape index (κ1) is 19.9. The second kappa shape index (κ2) is 8.91. The van der Waals surface area contributed by atoms with E-state index in [1.807, 2.05) is 31.2 Å². The summed E-state index contributed by atoms with van der Waals surface area (Å²) < 4.78 is 0.977. The number of amidine groups is 1. The Bertz CT molecular complexity index is 872. The average Bonchev–Trinajstić information content (AvgIpc) is 2.92. The second-order valence-corrected chi connectivity index (χ2v) is 8.31. The Morgan fingerprint density at radius 2 is 1.89 bits per heavy atom. The van der Waals surface area contributed by atoms with Crippen molar-refractivity contribution in [2.75, 3.05) is 16.8 Å². The van der Waals surface area contributed by atoms with E-state index in [0.29, 0.717) is 22.4 Å². The highest BCUT2D eigenvalue weighted by atomic mass is 79.9. The Morgan fingerprint density at radius 1 is 1.22 bits per heavy atom. The fourth-order valence-corrected chi connectivity index (χ4v) is 4.07. The summed E-state index contributed by atoms with van der Waals surface area (Å²) in [6.45, 7) is 2.49. The Balaban J connectivity index is 1.74. The minimum Gasteiger partial charge on any atom is -0.335 e. The molecule has 1 aliphatic heterocycles. The van der Waals surface area contributed by atoms with Crippen LogP contribution in [0.4, 0.5) is 11.4 Å². The molecular formula is C19H17BrClN3O2S. The van der Waals surface area contributed by atoms with Gasteiger partial charge in [-0.15, -0.1) is 0 Å². The molecule has 27 heavy (non-hydrogen) atoms. The maximum Gasteiger partial charge on any atom is 0.247 e. The van der Waals surface area contributed by atoms with Crippen molar-refractivity contribution in [3.8, 4) is 0 Å². The number of benzene rings is 2. The monoisotopic (exact) mass is 465 g/mol. The van der Waals surface area contributed by atoms with Gasteiger partial charge in [0.05, 0.1) is 5.69 Å². The van der Waals surface area contributed by atoms with Gasteiger partial charge in [0.15, 0.2) is 5.17 Å². The maximum absolute atomic E-state index is 12.8. The van der Waals surface area contributed by atoms with Crippen LogP contribution < -0.4 is 10.2 Å². The molecule has 0 aliphatic carbocycles. The van der Waals surface area contributed by atoms with Crippen LogP contribution in [0.15, 0.2) is 58.0 Å². The van der Waals surface area contributed by atoms with E-state index in [2.05, 4.69) is 26.2 Å².